The lowest BCUT2D eigenvalue weighted by molar-refractivity contribution is 0.856. The molecule has 0 spiro atoms. The standard InChI is InChI=1S/C11H13N3/c1-3-8-12-11-13-9-6-4-5-7-10(9)14(11)2/h3-8H,1-2H3,(H,12,13)/b8-3-. The summed E-state index contributed by atoms with van der Waals surface area (Å²) in [5.41, 5.74) is 3.14. The molecular weight excluding hydrogens is 174 g/mol. The Bertz CT molecular complexity index is 529. The van der Waals surface area contributed by atoms with E-state index >= 15 is 0 Å². The van der Waals surface area contributed by atoms with Gasteiger partial charge < -0.3 is 9.55 Å². The Hall–Kier alpha value is -1.77. The normalized spacial score (nSPS) is 13.1. The SMILES string of the molecule is C/C=C\N=c1/[nH]c2ccccc2n1C. The van der Waals surface area contributed by atoms with E-state index in [2.05, 4.69) is 16.0 Å². The number of imidazole rings is 1. The van der Waals surface area contributed by atoms with Crippen LogP contribution in [0, 0.1) is 0 Å². The summed E-state index contributed by atoms with van der Waals surface area (Å²) in [6.45, 7) is 1.95. The van der Waals surface area contributed by atoms with Gasteiger partial charge in [0.1, 0.15) is 0 Å². The molecule has 72 valence electrons. The van der Waals surface area contributed by atoms with E-state index in [9.17, 15) is 0 Å². The molecule has 0 fully saturated rings. The monoisotopic (exact) mass is 187 g/mol. The molecule has 0 amide bonds. The number of aromatic nitrogens is 2. The fraction of sp³-hybridized carbons (Fsp3) is 0.182. The molecule has 0 saturated heterocycles. The molecule has 0 atom stereocenters. The van der Waals surface area contributed by atoms with Crippen molar-refractivity contribution < 1.29 is 0 Å². The molecule has 0 saturated carbocycles. The van der Waals surface area contributed by atoms with Crippen LogP contribution >= 0.6 is 0 Å². The van der Waals surface area contributed by atoms with Crippen LogP contribution in [0.25, 0.3) is 11.0 Å². The first kappa shape index (κ1) is 8.81. The number of rotatable bonds is 1. The molecule has 0 aliphatic carbocycles. The molecule has 3 heteroatoms. The van der Waals surface area contributed by atoms with Gasteiger partial charge in [0.15, 0.2) is 0 Å². The lowest BCUT2D eigenvalue weighted by Crippen LogP contribution is -2.14. The third kappa shape index (κ3) is 1.37. The molecule has 2 aromatic rings. The van der Waals surface area contributed by atoms with Gasteiger partial charge in [-0.3, -0.25) is 0 Å². The second-order valence-electron chi connectivity index (χ2n) is 3.14. The summed E-state index contributed by atoms with van der Waals surface area (Å²) in [4.78, 5) is 7.53. The summed E-state index contributed by atoms with van der Waals surface area (Å²) in [6.07, 6.45) is 3.69. The Kier molecular flexibility index (Phi) is 2.23. The van der Waals surface area contributed by atoms with E-state index in [0.29, 0.717) is 0 Å². The Morgan fingerprint density at radius 2 is 2.14 bits per heavy atom. The van der Waals surface area contributed by atoms with Crippen LogP contribution in [0.4, 0.5) is 0 Å². The van der Waals surface area contributed by atoms with Crippen molar-refractivity contribution in [1.82, 2.24) is 9.55 Å². The molecule has 1 aromatic heterocycles. The van der Waals surface area contributed by atoms with Crippen molar-refractivity contribution in [2.24, 2.45) is 12.0 Å². The van der Waals surface area contributed by atoms with Gasteiger partial charge in [-0.15, -0.1) is 0 Å². The van der Waals surface area contributed by atoms with Crippen LogP contribution in [0.15, 0.2) is 41.5 Å². The van der Waals surface area contributed by atoms with Gasteiger partial charge in [0, 0.05) is 13.2 Å². The molecule has 0 aliphatic rings. The first-order chi connectivity index (χ1) is 6.83. The van der Waals surface area contributed by atoms with Crippen LogP contribution in [0.1, 0.15) is 6.92 Å². The first-order valence-corrected chi connectivity index (χ1v) is 4.61. The van der Waals surface area contributed by atoms with Gasteiger partial charge >= 0.3 is 0 Å². The maximum absolute atomic E-state index is 4.29. The minimum absolute atomic E-state index is 0.865. The third-order valence-corrected chi connectivity index (χ3v) is 2.18. The first-order valence-electron chi connectivity index (χ1n) is 4.61. The maximum atomic E-state index is 4.29. The molecular formula is C11H13N3. The fourth-order valence-corrected chi connectivity index (χ4v) is 1.45. The zero-order valence-electron chi connectivity index (χ0n) is 8.36. The number of hydrogen-bond donors (Lipinski definition) is 1. The minimum Gasteiger partial charge on any atom is -0.324 e. The molecule has 1 aromatic carbocycles. The van der Waals surface area contributed by atoms with E-state index in [1.807, 2.05) is 42.8 Å². The van der Waals surface area contributed by atoms with E-state index in [1.165, 1.54) is 0 Å². The molecule has 1 N–H and O–H groups in total. The Labute approximate surface area is 82.4 Å². The number of allylic oxidation sites excluding steroid dienone is 1. The number of para-hydroxylation sites is 2. The van der Waals surface area contributed by atoms with Gasteiger partial charge in [-0.1, -0.05) is 18.2 Å². The van der Waals surface area contributed by atoms with Crippen molar-refractivity contribution in [2.75, 3.05) is 0 Å². The largest absolute Gasteiger partial charge is 0.324 e. The molecule has 0 bridgehead atoms. The van der Waals surface area contributed by atoms with Crippen molar-refractivity contribution in [2.45, 2.75) is 6.92 Å². The van der Waals surface area contributed by atoms with E-state index in [0.717, 1.165) is 16.7 Å². The van der Waals surface area contributed by atoms with E-state index < -0.39 is 0 Å². The molecule has 14 heavy (non-hydrogen) atoms. The Morgan fingerprint density at radius 3 is 2.86 bits per heavy atom. The zero-order valence-corrected chi connectivity index (χ0v) is 8.36. The van der Waals surface area contributed by atoms with Gasteiger partial charge in [-0.2, -0.15) is 0 Å². The van der Waals surface area contributed by atoms with Gasteiger partial charge in [-0.25, -0.2) is 4.99 Å². The van der Waals surface area contributed by atoms with Gasteiger partial charge in [0.05, 0.1) is 11.0 Å². The summed E-state index contributed by atoms with van der Waals surface area (Å²) < 4.78 is 2.04. The molecule has 1 heterocycles. The lowest BCUT2D eigenvalue weighted by Gasteiger charge is -1.91. The van der Waals surface area contributed by atoms with Crippen molar-refractivity contribution in [3.05, 3.63) is 42.2 Å². The molecule has 0 radical (unpaired) electrons. The van der Waals surface area contributed by atoms with E-state index in [-0.39, 0.29) is 0 Å². The van der Waals surface area contributed by atoms with E-state index in [4.69, 9.17) is 0 Å². The summed E-state index contributed by atoms with van der Waals surface area (Å²) in [5, 5.41) is 0. The van der Waals surface area contributed by atoms with Crippen LogP contribution in [0.5, 0.6) is 0 Å². The average molecular weight is 187 g/mol. The van der Waals surface area contributed by atoms with Gasteiger partial charge in [-0.05, 0) is 19.1 Å². The Morgan fingerprint density at radius 1 is 1.36 bits per heavy atom. The predicted octanol–water partition coefficient (Wildman–Crippen LogP) is 1.94. The fourth-order valence-electron chi connectivity index (χ4n) is 1.45. The van der Waals surface area contributed by atoms with Crippen LogP contribution in [0.3, 0.4) is 0 Å². The number of hydrogen-bond acceptors (Lipinski definition) is 1. The van der Waals surface area contributed by atoms with Crippen molar-refractivity contribution in [3.8, 4) is 0 Å². The summed E-state index contributed by atoms with van der Waals surface area (Å²) >= 11 is 0. The summed E-state index contributed by atoms with van der Waals surface area (Å²) in [7, 11) is 2.00. The highest BCUT2D eigenvalue weighted by molar-refractivity contribution is 5.74. The molecule has 2 rings (SSSR count). The van der Waals surface area contributed by atoms with Crippen molar-refractivity contribution in [1.29, 1.82) is 0 Å². The third-order valence-electron chi connectivity index (χ3n) is 2.18. The molecule has 0 aliphatic heterocycles. The van der Waals surface area contributed by atoms with Crippen molar-refractivity contribution in [3.63, 3.8) is 0 Å². The zero-order chi connectivity index (χ0) is 9.97. The van der Waals surface area contributed by atoms with Crippen LogP contribution in [-0.2, 0) is 7.05 Å². The summed E-state index contributed by atoms with van der Waals surface area (Å²) in [6, 6.07) is 8.15. The number of aryl methyl sites for hydroxylation is 1. The number of nitrogens with one attached hydrogen (secondary N) is 1. The quantitative estimate of drug-likeness (QED) is 0.708. The number of H-pyrrole nitrogens is 1. The van der Waals surface area contributed by atoms with Gasteiger partial charge in [0.25, 0.3) is 0 Å². The molecule has 0 unspecified atom stereocenters. The van der Waals surface area contributed by atoms with Crippen LogP contribution in [0.2, 0.25) is 0 Å². The van der Waals surface area contributed by atoms with Crippen LogP contribution in [-0.4, -0.2) is 9.55 Å². The number of fused-ring (bicyclic) bond motifs is 1. The molecule has 3 nitrogen and oxygen atoms in total. The van der Waals surface area contributed by atoms with Crippen LogP contribution < -0.4 is 5.62 Å². The highest BCUT2D eigenvalue weighted by atomic mass is 15.1. The number of nitrogens with zero attached hydrogens (tertiary/aromatic N) is 2. The second-order valence-corrected chi connectivity index (χ2v) is 3.14. The Balaban J connectivity index is 2.74. The second kappa shape index (κ2) is 3.54. The highest BCUT2D eigenvalue weighted by Gasteiger charge is 1.97. The van der Waals surface area contributed by atoms with E-state index in [1.54, 1.807) is 6.20 Å². The van der Waals surface area contributed by atoms with Gasteiger partial charge in [0.2, 0.25) is 5.62 Å². The summed E-state index contributed by atoms with van der Waals surface area (Å²) in [5.74, 6) is 0. The highest BCUT2D eigenvalue weighted by Crippen LogP contribution is 2.06. The number of benzene rings is 1. The topological polar surface area (TPSA) is 33.1 Å². The minimum atomic E-state index is 0.865. The average Bonchev–Trinajstić information content (AvgIpc) is 2.54. The maximum Gasteiger partial charge on any atom is 0.207 e. The number of aromatic amines is 1. The predicted molar refractivity (Wildman–Crippen MR) is 57.6 cm³/mol. The van der Waals surface area contributed by atoms with Crippen molar-refractivity contribution >= 4 is 11.0 Å². The smallest absolute Gasteiger partial charge is 0.207 e. The lowest BCUT2D eigenvalue weighted by atomic mass is 10.3.